The normalized spacial score (nSPS) is 18.2. The quantitative estimate of drug-likeness (QED) is 0.847. The smallest absolute Gasteiger partial charge is 0.119 e. The predicted molar refractivity (Wildman–Crippen MR) is 76.7 cm³/mol. The van der Waals surface area contributed by atoms with E-state index in [1.54, 1.807) is 0 Å². The van der Waals surface area contributed by atoms with Crippen molar-refractivity contribution in [2.24, 2.45) is 0 Å². The van der Waals surface area contributed by atoms with E-state index in [2.05, 4.69) is 29.3 Å². The number of rotatable bonds is 6. The van der Waals surface area contributed by atoms with Gasteiger partial charge in [0.05, 0.1) is 13.2 Å². The lowest BCUT2D eigenvalue weighted by molar-refractivity contribution is 0.0322. The van der Waals surface area contributed by atoms with E-state index in [1.165, 1.54) is 5.56 Å². The van der Waals surface area contributed by atoms with Crippen LogP contribution in [-0.4, -0.2) is 51.4 Å². The highest BCUT2D eigenvalue weighted by Gasteiger charge is 2.09. The van der Waals surface area contributed by atoms with Crippen molar-refractivity contribution >= 4 is 0 Å². The molecule has 2 rings (SSSR count). The van der Waals surface area contributed by atoms with Crippen LogP contribution in [0.4, 0.5) is 0 Å². The van der Waals surface area contributed by atoms with Gasteiger partial charge in [0.1, 0.15) is 12.4 Å². The number of nitrogens with one attached hydrogen (secondary N) is 1. The number of hydrogen-bond acceptors (Lipinski definition) is 4. The van der Waals surface area contributed by atoms with E-state index in [0.29, 0.717) is 6.04 Å². The van der Waals surface area contributed by atoms with Crippen molar-refractivity contribution in [3.05, 3.63) is 29.8 Å². The third kappa shape index (κ3) is 4.49. The van der Waals surface area contributed by atoms with Crippen molar-refractivity contribution in [3.63, 3.8) is 0 Å². The molecule has 1 aromatic carbocycles. The molecule has 0 aliphatic carbocycles. The minimum absolute atomic E-state index is 0.377. The first-order chi connectivity index (χ1) is 9.29. The lowest BCUT2D eigenvalue weighted by Crippen LogP contribution is -2.38. The van der Waals surface area contributed by atoms with Crippen molar-refractivity contribution in [1.29, 1.82) is 0 Å². The van der Waals surface area contributed by atoms with Crippen LogP contribution >= 0.6 is 0 Å². The molecule has 4 heteroatoms. The predicted octanol–water partition coefficient (Wildman–Crippen LogP) is 1.68. The molecule has 1 N–H and O–H groups in total. The molecule has 0 bridgehead atoms. The summed E-state index contributed by atoms with van der Waals surface area (Å²) in [4.78, 5) is 2.38. The average molecular weight is 264 g/mol. The molecule has 1 unspecified atom stereocenters. The summed E-state index contributed by atoms with van der Waals surface area (Å²) in [6, 6.07) is 8.70. The highest BCUT2D eigenvalue weighted by Crippen LogP contribution is 2.17. The molecule has 1 fully saturated rings. The van der Waals surface area contributed by atoms with E-state index in [0.717, 1.165) is 45.2 Å². The monoisotopic (exact) mass is 264 g/mol. The first-order valence-corrected chi connectivity index (χ1v) is 6.99. The van der Waals surface area contributed by atoms with Crippen LogP contribution in [0, 0.1) is 0 Å². The highest BCUT2D eigenvalue weighted by atomic mass is 16.5. The maximum Gasteiger partial charge on any atom is 0.119 e. The second-order valence-corrected chi connectivity index (χ2v) is 4.88. The molecule has 1 heterocycles. The molecule has 4 nitrogen and oxygen atoms in total. The van der Waals surface area contributed by atoms with Gasteiger partial charge in [0, 0.05) is 25.7 Å². The Morgan fingerprint density at radius 2 is 1.95 bits per heavy atom. The lowest BCUT2D eigenvalue weighted by atomic mass is 10.1. The summed E-state index contributed by atoms with van der Waals surface area (Å²) >= 11 is 0. The molecule has 1 aromatic rings. The molecule has 0 spiro atoms. The van der Waals surface area contributed by atoms with Crippen molar-refractivity contribution in [2.75, 3.05) is 46.5 Å². The largest absolute Gasteiger partial charge is 0.492 e. The van der Waals surface area contributed by atoms with E-state index in [-0.39, 0.29) is 0 Å². The van der Waals surface area contributed by atoms with Crippen LogP contribution in [0.25, 0.3) is 0 Å². The van der Waals surface area contributed by atoms with Crippen LogP contribution in [0.5, 0.6) is 5.75 Å². The Morgan fingerprint density at radius 1 is 1.26 bits per heavy atom. The van der Waals surface area contributed by atoms with Gasteiger partial charge >= 0.3 is 0 Å². The Balaban J connectivity index is 1.73. The summed E-state index contributed by atoms with van der Waals surface area (Å²) in [5.41, 5.74) is 1.28. The topological polar surface area (TPSA) is 33.7 Å². The molecule has 1 atom stereocenters. The second kappa shape index (κ2) is 7.48. The molecule has 19 heavy (non-hydrogen) atoms. The molecular weight excluding hydrogens is 240 g/mol. The first-order valence-electron chi connectivity index (χ1n) is 6.99. The minimum atomic E-state index is 0.377. The Morgan fingerprint density at radius 3 is 2.58 bits per heavy atom. The fraction of sp³-hybridized carbons (Fsp3) is 0.600. The Hall–Kier alpha value is -1.10. The van der Waals surface area contributed by atoms with Crippen LogP contribution in [-0.2, 0) is 4.74 Å². The molecule has 0 aromatic heterocycles. The van der Waals surface area contributed by atoms with Gasteiger partial charge in [0.2, 0.25) is 0 Å². The summed E-state index contributed by atoms with van der Waals surface area (Å²) in [7, 11) is 1.97. The zero-order chi connectivity index (χ0) is 13.5. The van der Waals surface area contributed by atoms with Gasteiger partial charge in [-0.25, -0.2) is 0 Å². The Kier molecular flexibility index (Phi) is 5.63. The van der Waals surface area contributed by atoms with Gasteiger partial charge in [-0.3, -0.25) is 4.90 Å². The number of morpholine rings is 1. The zero-order valence-electron chi connectivity index (χ0n) is 11.9. The van der Waals surface area contributed by atoms with Crippen molar-refractivity contribution in [1.82, 2.24) is 10.2 Å². The van der Waals surface area contributed by atoms with Gasteiger partial charge in [-0.05, 0) is 31.7 Å². The number of benzene rings is 1. The molecule has 0 amide bonds. The van der Waals surface area contributed by atoms with Gasteiger partial charge < -0.3 is 14.8 Å². The molecular formula is C15H24N2O2. The molecule has 106 valence electrons. The van der Waals surface area contributed by atoms with Crippen LogP contribution in [0.1, 0.15) is 18.5 Å². The molecule has 0 radical (unpaired) electrons. The third-order valence-electron chi connectivity index (χ3n) is 3.59. The average Bonchev–Trinajstić information content (AvgIpc) is 2.48. The summed E-state index contributed by atoms with van der Waals surface area (Å²) in [5.74, 6) is 0.945. The highest BCUT2D eigenvalue weighted by molar-refractivity contribution is 5.28. The van der Waals surface area contributed by atoms with Crippen molar-refractivity contribution in [2.45, 2.75) is 13.0 Å². The van der Waals surface area contributed by atoms with Crippen molar-refractivity contribution in [3.8, 4) is 5.75 Å². The van der Waals surface area contributed by atoms with E-state index < -0.39 is 0 Å². The Bertz CT molecular complexity index is 361. The van der Waals surface area contributed by atoms with E-state index in [9.17, 15) is 0 Å². The fourth-order valence-electron chi connectivity index (χ4n) is 2.14. The first kappa shape index (κ1) is 14.3. The van der Waals surface area contributed by atoms with Gasteiger partial charge in [0.15, 0.2) is 0 Å². The number of hydrogen-bond donors (Lipinski definition) is 1. The fourth-order valence-corrected chi connectivity index (χ4v) is 2.14. The number of nitrogens with zero attached hydrogens (tertiary/aromatic N) is 1. The summed E-state index contributed by atoms with van der Waals surface area (Å²) in [6.07, 6.45) is 0. The van der Waals surface area contributed by atoms with Gasteiger partial charge in [0.25, 0.3) is 0 Å². The van der Waals surface area contributed by atoms with E-state index in [4.69, 9.17) is 9.47 Å². The zero-order valence-corrected chi connectivity index (χ0v) is 11.9. The Labute approximate surface area is 115 Å². The van der Waals surface area contributed by atoms with Gasteiger partial charge in [-0.15, -0.1) is 0 Å². The van der Waals surface area contributed by atoms with Gasteiger partial charge in [-0.1, -0.05) is 12.1 Å². The summed E-state index contributed by atoms with van der Waals surface area (Å²) in [5, 5.41) is 3.23. The van der Waals surface area contributed by atoms with E-state index >= 15 is 0 Å². The molecule has 0 saturated carbocycles. The van der Waals surface area contributed by atoms with Gasteiger partial charge in [-0.2, -0.15) is 0 Å². The molecule has 1 aliphatic rings. The maximum atomic E-state index is 5.77. The molecule has 1 aliphatic heterocycles. The second-order valence-electron chi connectivity index (χ2n) is 4.88. The number of ether oxygens (including phenoxy) is 2. The minimum Gasteiger partial charge on any atom is -0.492 e. The summed E-state index contributed by atoms with van der Waals surface area (Å²) < 4.78 is 11.1. The van der Waals surface area contributed by atoms with Crippen LogP contribution in [0.3, 0.4) is 0 Å². The lowest BCUT2D eigenvalue weighted by Gasteiger charge is -2.26. The van der Waals surface area contributed by atoms with E-state index in [1.807, 2.05) is 19.2 Å². The standard InChI is InChI=1S/C15H24N2O2/c1-13(16-2)14-3-5-15(6-4-14)19-12-9-17-7-10-18-11-8-17/h3-6,13,16H,7-12H2,1-2H3. The maximum absolute atomic E-state index is 5.77. The third-order valence-corrected chi connectivity index (χ3v) is 3.59. The van der Waals surface area contributed by atoms with Crippen LogP contribution in [0.2, 0.25) is 0 Å². The van der Waals surface area contributed by atoms with Crippen LogP contribution in [0.15, 0.2) is 24.3 Å². The van der Waals surface area contributed by atoms with Crippen molar-refractivity contribution < 1.29 is 9.47 Å². The molecule has 1 saturated heterocycles. The summed E-state index contributed by atoms with van der Waals surface area (Å²) in [6.45, 7) is 7.57. The SMILES string of the molecule is CNC(C)c1ccc(OCCN2CCOCC2)cc1. The van der Waals surface area contributed by atoms with Crippen LogP contribution < -0.4 is 10.1 Å².